The minimum Gasteiger partial charge on any atom is -0.380 e. The molecule has 2 fully saturated rings. The second-order valence-electron chi connectivity index (χ2n) is 6.68. The highest BCUT2D eigenvalue weighted by Gasteiger charge is 2.31. The van der Waals surface area contributed by atoms with Crippen LogP contribution in [-0.2, 0) is 19.6 Å². The fourth-order valence-corrected chi connectivity index (χ4v) is 2.50. The minimum absolute atomic E-state index is 0.386. The van der Waals surface area contributed by atoms with Crippen LogP contribution in [0.5, 0.6) is 0 Å². The van der Waals surface area contributed by atoms with Crippen molar-refractivity contribution in [2.75, 3.05) is 30.5 Å². The quantitative estimate of drug-likeness (QED) is 0.162. The Morgan fingerprint density at radius 3 is 1.93 bits per heavy atom. The van der Waals surface area contributed by atoms with Crippen molar-refractivity contribution in [1.82, 2.24) is 0 Å². The van der Waals surface area contributed by atoms with Crippen LogP contribution in [0.2, 0.25) is 0 Å². The van der Waals surface area contributed by atoms with Gasteiger partial charge in [-0.05, 0) is 29.7 Å². The lowest BCUT2D eigenvalue weighted by Crippen LogP contribution is -2.40. The Kier molecular flexibility index (Phi) is 15.8. The summed E-state index contributed by atoms with van der Waals surface area (Å²) in [7, 11) is 0. The number of benzene rings is 1. The first kappa shape index (κ1) is 28.0. The Labute approximate surface area is 199 Å². The topological polar surface area (TPSA) is 38.8 Å². The Balaban J connectivity index is 0.000000360. The van der Waals surface area contributed by atoms with Gasteiger partial charge in [-0.25, -0.2) is 0 Å². The number of rotatable bonds is 5. The van der Waals surface area contributed by atoms with E-state index >= 15 is 0 Å². The molecule has 2 heterocycles. The predicted molar refractivity (Wildman–Crippen MR) is 131 cm³/mol. The molecule has 0 saturated carbocycles. The zero-order valence-corrected chi connectivity index (χ0v) is 21.9. The molecule has 2 aliphatic heterocycles. The highest BCUT2D eigenvalue weighted by atomic mass is 79.9. The fourth-order valence-electron chi connectivity index (χ4n) is 1.43. The van der Waals surface area contributed by atoms with Gasteiger partial charge in [0.1, 0.15) is 0 Å². The Hall–Kier alpha value is 0.0200. The van der Waals surface area contributed by atoms with E-state index in [1.165, 1.54) is 11.1 Å². The third-order valence-electron chi connectivity index (χ3n) is 3.50. The first-order valence-corrected chi connectivity index (χ1v) is 12.4. The van der Waals surface area contributed by atoms with Crippen molar-refractivity contribution in [3.63, 3.8) is 0 Å². The molecule has 1 atom stereocenters. The summed E-state index contributed by atoms with van der Waals surface area (Å²) in [5, 5.41) is 2.53. The molecule has 0 spiro atoms. The third-order valence-corrected chi connectivity index (χ3v) is 6.55. The minimum atomic E-state index is -0.463. The van der Waals surface area contributed by atoms with Crippen LogP contribution in [0.1, 0.15) is 25.0 Å². The van der Waals surface area contributed by atoms with E-state index in [0.717, 1.165) is 35.8 Å². The first-order valence-electron chi connectivity index (χ1n) is 8.65. The van der Waals surface area contributed by atoms with Gasteiger partial charge in [0.25, 0.3) is 0 Å². The molecule has 0 bridgehead atoms. The van der Waals surface area contributed by atoms with Gasteiger partial charge in [-0.15, -0.1) is 0 Å². The molecule has 0 aromatic heterocycles. The lowest BCUT2D eigenvalue weighted by molar-refractivity contribution is -0.108. The zero-order valence-electron chi connectivity index (χ0n) is 16.4. The molecule has 7 heteroatoms. The van der Waals surface area contributed by atoms with E-state index in [0.29, 0.717) is 17.1 Å². The number of carbonyl (C=O) groups excluding carboxylic acids is 1. The summed E-state index contributed by atoms with van der Waals surface area (Å²) >= 11 is 14.9. The monoisotopic (exact) mass is 600 g/mol. The summed E-state index contributed by atoms with van der Waals surface area (Å²) in [4.78, 5) is 9.81. The Morgan fingerprint density at radius 1 is 1.29 bits per heavy atom. The van der Waals surface area contributed by atoms with Gasteiger partial charge < -0.3 is 9.47 Å². The van der Waals surface area contributed by atoms with Gasteiger partial charge in [0, 0.05) is 27.0 Å². The number of halogens is 4. The molecule has 3 nitrogen and oxygen atoms in total. The van der Waals surface area contributed by atoms with Gasteiger partial charge in [-0.3, -0.25) is 4.79 Å². The smallest absolute Gasteiger partial charge is 0.247 e. The van der Waals surface area contributed by atoms with E-state index in [2.05, 4.69) is 92.1 Å². The molecule has 0 radical (unpaired) electrons. The van der Waals surface area contributed by atoms with Crippen LogP contribution in [0.3, 0.4) is 0 Å². The second kappa shape index (κ2) is 15.8. The van der Waals surface area contributed by atoms with E-state index in [1.807, 2.05) is 6.08 Å². The van der Waals surface area contributed by atoms with Crippen LogP contribution >= 0.6 is 59.4 Å². The van der Waals surface area contributed by atoms with E-state index in [-0.39, 0.29) is 0 Å². The number of carbonyl (C=O) groups is 1. The maximum absolute atomic E-state index is 9.81. The molecule has 0 amide bonds. The number of ether oxygens (including phenoxy) is 2. The van der Waals surface area contributed by atoms with Crippen molar-refractivity contribution in [3.05, 3.63) is 54.1 Å². The molecule has 0 N–H and O–H groups in total. The number of alkyl halides is 3. The summed E-state index contributed by atoms with van der Waals surface area (Å²) in [6, 6.07) is 8.30. The average molecular weight is 604 g/mol. The Morgan fingerprint density at radius 2 is 1.79 bits per heavy atom. The molecule has 2 aliphatic rings. The van der Waals surface area contributed by atoms with Crippen molar-refractivity contribution in [1.29, 1.82) is 0 Å². The molecule has 28 heavy (non-hydrogen) atoms. The molecule has 3 rings (SSSR count). The van der Waals surface area contributed by atoms with Crippen LogP contribution in [0.25, 0.3) is 6.08 Å². The second-order valence-corrected chi connectivity index (χ2v) is 8.79. The maximum atomic E-state index is 9.81. The van der Waals surface area contributed by atoms with Gasteiger partial charge in [0.15, 0.2) is 0 Å². The summed E-state index contributed by atoms with van der Waals surface area (Å²) in [5.41, 5.74) is 3.31. The van der Waals surface area contributed by atoms with E-state index in [1.54, 1.807) is 6.92 Å². The summed E-state index contributed by atoms with van der Waals surface area (Å²) < 4.78 is 9.81. The molecule has 1 aromatic rings. The van der Waals surface area contributed by atoms with Gasteiger partial charge in [0.2, 0.25) is 5.24 Å². The van der Waals surface area contributed by atoms with E-state index < -0.39 is 5.24 Å². The van der Waals surface area contributed by atoms with Crippen molar-refractivity contribution in [3.8, 4) is 0 Å². The molecule has 1 aromatic carbocycles. The number of epoxide rings is 1. The lowest BCUT2D eigenvalue weighted by atomic mass is 9.92. The van der Waals surface area contributed by atoms with E-state index in [9.17, 15) is 4.79 Å². The van der Waals surface area contributed by atoms with Crippen molar-refractivity contribution >= 4 is 70.7 Å². The number of allylic oxidation sites excluding steroid dienone is 1. The zero-order chi connectivity index (χ0) is 21.6. The highest BCUT2D eigenvalue weighted by Crippen LogP contribution is 2.27. The van der Waals surface area contributed by atoms with Crippen molar-refractivity contribution in [2.45, 2.75) is 25.3 Å². The first-order chi connectivity index (χ1) is 13.2. The molecule has 2 saturated heterocycles. The van der Waals surface area contributed by atoms with Crippen LogP contribution in [0, 0.1) is 5.41 Å². The fraction of sp³-hybridized carbons (Fsp3) is 0.476. The Bertz CT molecular complexity index is 580. The third kappa shape index (κ3) is 14.1. The van der Waals surface area contributed by atoms with Gasteiger partial charge in [0.05, 0.1) is 25.9 Å². The maximum Gasteiger partial charge on any atom is 0.247 e. The summed E-state index contributed by atoms with van der Waals surface area (Å²) in [6.45, 7) is 13.5. The van der Waals surface area contributed by atoms with Crippen LogP contribution in [-0.4, -0.2) is 41.8 Å². The molecule has 0 aliphatic carbocycles. The van der Waals surface area contributed by atoms with Crippen LogP contribution in [0.15, 0.2) is 43.0 Å². The SMILES string of the molecule is BrCC1CO1.C=C(C)C(=O)Cl.C=Cc1ccc(CBr)cc1.CC1(CBr)COC1. The molecule has 158 valence electrons. The van der Waals surface area contributed by atoms with Crippen LogP contribution in [0.4, 0.5) is 0 Å². The van der Waals surface area contributed by atoms with E-state index in [4.69, 9.17) is 21.1 Å². The molecular weight excluding hydrogens is 575 g/mol. The van der Waals surface area contributed by atoms with Gasteiger partial charge in [-0.2, -0.15) is 0 Å². The molecular formula is C21H28Br3ClO3. The van der Waals surface area contributed by atoms with Crippen LogP contribution < -0.4 is 0 Å². The summed E-state index contributed by atoms with van der Waals surface area (Å²) in [5.74, 6) is 0. The predicted octanol–water partition coefficient (Wildman–Crippen LogP) is 6.75. The van der Waals surface area contributed by atoms with Crippen molar-refractivity contribution < 1.29 is 14.3 Å². The molecule has 1 unspecified atom stereocenters. The van der Waals surface area contributed by atoms with Gasteiger partial charge >= 0.3 is 0 Å². The lowest BCUT2D eigenvalue weighted by Gasteiger charge is -2.36. The van der Waals surface area contributed by atoms with Crippen molar-refractivity contribution in [2.24, 2.45) is 5.41 Å². The number of hydrogen-bond acceptors (Lipinski definition) is 3. The largest absolute Gasteiger partial charge is 0.380 e. The normalized spacial score (nSPS) is 17.7. The summed E-state index contributed by atoms with van der Waals surface area (Å²) in [6.07, 6.45) is 2.40. The average Bonchev–Trinajstić information content (AvgIpc) is 3.52. The number of hydrogen-bond donors (Lipinski definition) is 0. The standard InChI is InChI=1S/C9H9Br.C5H9BrO.C4H5ClO.C3H5BrO/c1-2-8-3-5-9(7-10)6-4-8;1-5(2-6)3-7-4-5;1-3(2)4(5)6;4-1-3-2-5-3/h2-6H,1,7H2;2-4H2,1H3;1H2,2H3;3H,1-2H2. The highest BCUT2D eigenvalue weighted by molar-refractivity contribution is 9.09. The van der Waals surface area contributed by atoms with Gasteiger partial charge in [-0.1, -0.05) is 98.2 Å².